The smallest absolute Gasteiger partial charge is 0.416 e. The molecule has 0 amide bonds. The van der Waals surface area contributed by atoms with E-state index in [4.69, 9.17) is 16.7 Å². The lowest BCUT2D eigenvalue weighted by Crippen LogP contribution is -2.32. The summed E-state index contributed by atoms with van der Waals surface area (Å²) in [5, 5.41) is 7.90. The second-order valence-corrected chi connectivity index (χ2v) is 6.22. The van der Waals surface area contributed by atoms with Gasteiger partial charge in [0.2, 0.25) is 10.0 Å². The number of benzene rings is 1. The molecule has 0 bridgehead atoms. The molecule has 20 heavy (non-hydrogen) atoms. The Morgan fingerprint density at radius 1 is 1.40 bits per heavy atom. The van der Waals surface area contributed by atoms with Crippen molar-refractivity contribution in [2.75, 3.05) is 13.6 Å². The van der Waals surface area contributed by atoms with Crippen LogP contribution in [0.2, 0.25) is 5.02 Å². The van der Waals surface area contributed by atoms with Crippen LogP contribution >= 0.6 is 11.6 Å². The summed E-state index contributed by atoms with van der Waals surface area (Å²) >= 11 is 5.55. The summed E-state index contributed by atoms with van der Waals surface area (Å²) in [6.07, 6.45) is -4.65. The van der Waals surface area contributed by atoms with E-state index < -0.39 is 44.2 Å². The Hall–Kier alpha value is -1.32. The zero-order valence-corrected chi connectivity index (χ0v) is 11.6. The third kappa shape index (κ3) is 3.62. The monoisotopic (exact) mass is 331 g/mol. The molecule has 1 aromatic carbocycles. The molecule has 0 unspecified atom stereocenters. The Bertz CT molecular complexity index is 630. The predicted molar refractivity (Wildman–Crippen MR) is 63.9 cm³/mol. The number of carbonyl (C=O) groups is 1. The molecule has 1 rings (SSSR count). The Morgan fingerprint density at radius 3 is 2.35 bits per heavy atom. The van der Waals surface area contributed by atoms with E-state index >= 15 is 0 Å². The molecule has 1 N–H and O–H groups in total. The van der Waals surface area contributed by atoms with Crippen molar-refractivity contribution in [3.8, 4) is 0 Å². The minimum absolute atomic E-state index is 0.475. The molecule has 5 nitrogen and oxygen atoms in total. The molecular weight excluding hydrogens is 323 g/mol. The van der Waals surface area contributed by atoms with E-state index in [0.717, 1.165) is 7.05 Å². The summed E-state index contributed by atoms with van der Waals surface area (Å²) in [6.45, 7) is -0.834. The van der Waals surface area contributed by atoms with Crippen LogP contribution in [0.25, 0.3) is 0 Å². The second kappa shape index (κ2) is 5.58. The third-order valence-electron chi connectivity index (χ3n) is 2.31. The van der Waals surface area contributed by atoms with E-state index in [-0.39, 0.29) is 0 Å². The highest BCUT2D eigenvalue weighted by molar-refractivity contribution is 7.89. The number of aliphatic carboxylic acids is 1. The zero-order chi connectivity index (χ0) is 15.7. The summed E-state index contributed by atoms with van der Waals surface area (Å²) in [5.41, 5.74) is -1.10. The molecule has 0 aliphatic carbocycles. The molecule has 0 heterocycles. The number of hydrogen-bond donors (Lipinski definition) is 1. The van der Waals surface area contributed by atoms with Gasteiger partial charge in [0.25, 0.3) is 0 Å². The van der Waals surface area contributed by atoms with Crippen LogP contribution in [0.15, 0.2) is 23.1 Å². The van der Waals surface area contributed by atoms with Gasteiger partial charge in [0.05, 0.1) is 10.6 Å². The van der Waals surface area contributed by atoms with Crippen LogP contribution in [-0.4, -0.2) is 37.4 Å². The van der Waals surface area contributed by atoms with Crippen molar-refractivity contribution in [2.24, 2.45) is 0 Å². The van der Waals surface area contributed by atoms with E-state index in [1.165, 1.54) is 0 Å². The third-order valence-corrected chi connectivity index (χ3v) is 4.59. The van der Waals surface area contributed by atoms with Gasteiger partial charge in [0, 0.05) is 7.05 Å². The molecule has 0 saturated heterocycles. The van der Waals surface area contributed by atoms with E-state index in [1.807, 2.05) is 0 Å². The largest absolute Gasteiger partial charge is 0.480 e. The number of carboxylic acid groups (broad SMARTS) is 1. The van der Waals surface area contributed by atoms with Crippen LogP contribution in [0, 0.1) is 0 Å². The number of hydrogen-bond acceptors (Lipinski definition) is 3. The Balaban J connectivity index is 3.24. The number of sulfonamides is 1. The van der Waals surface area contributed by atoms with Gasteiger partial charge in [0.1, 0.15) is 11.4 Å². The van der Waals surface area contributed by atoms with Gasteiger partial charge in [-0.15, -0.1) is 0 Å². The second-order valence-electron chi connectivity index (χ2n) is 3.80. The minimum atomic E-state index is -4.65. The van der Waals surface area contributed by atoms with Crippen LogP contribution in [0.5, 0.6) is 0 Å². The average molecular weight is 332 g/mol. The maximum atomic E-state index is 12.4. The molecule has 0 saturated carbocycles. The number of carboxylic acids is 1. The fourth-order valence-electron chi connectivity index (χ4n) is 1.33. The maximum Gasteiger partial charge on any atom is 0.416 e. The van der Waals surface area contributed by atoms with E-state index in [2.05, 4.69) is 0 Å². The summed E-state index contributed by atoms with van der Waals surface area (Å²) in [5.74, 6) is -1.40. The highest BCUT2D eigenvalue weighted by atomic mass is 35.5. The molecule has 0 radical (unpaired) electrons. The van der Waals surface area contributed by atoms with Gasteiger partial charge in [-0.05, 0) is 18.2 Å². The SMILES string of the molecule is CN(CC(=O)O)S(=O)(=O)c1ccc(C(F)(F)F)cc1Cl. The van der Waals surface area contributed by atoms with E-state index in [1.54, 1.807) is 0 Å². The van der Waals surface area contributed by atoms with Crippen molar-refractivity contribution in [1.82, 2.24) is 4.31 Å². The molecule has 0 aromatic heterocycles. The minimum Gasteiger partial charge on any atom is -0.480 e. The van der Waals surface area contributed by atoms with E-state index in [0.29, 0.717) is 22.5 Å². The molecule has 0 atom stereocenters. The molecule has 112 valence electrons. The van der Waals surface area contributed by atoms with Gasteiger partial charge >= 0.3 is 12.1 Å². The summed E-state index contributed by atoms with van der Waals surface area (Å²) in [6, 6.07) is 1.73. The topological polar surface area (TPSA) is 74.7 Å². The van der Waals surface area contributed by atoms with Crippen molar-refractivity contribution in [2.45, 2.75) is 11.1 Å². The number of alkyl halides is 3. The number of likely N-dealkylation sites (N-methyl/N-ethyl adjacent to an activating group) is 1. The van der Waals surface area contributed by atoms with Crippen molar-refractivity contribution < 1.29 is 31.5 Å². The first kappa shape index (κ1) is 16.7. The fourth-order valence-corrected chi connectivity index (χ4v) is 2.96. The number of halogens is 4. The zero-order valence-electron chi connectivity index (χ0n) is 9.98. The van der Waals surface area contributed by atoms with Gasteiger partial charge in [0.15, 0.2) is 0 Å². The highest BCUT2D eigenvalue weighted by Crippen LogP contribution is 2.33. The van der Waals surface area contributed by atoms with Gasteiger partial charge in [-0.25, -0.2) is 8.42 Å². The fraction of sp³-hybridized carbons (Fsp3) is 0.300. The van der Waals surface area contributed by atoms with Crippen molar-refractivity contribution in [1.29, 1.82) is 0 Å². The van der Waals surface area contributed by atoms with Crippen molar-refractivity contribution in [3.63, 3.8) is 0 Å². The quantitative estimate of drug-likeness (QED) is 0.916. The Kier molecular flexibility index (Phi) is 4.67. The standard InChI is InChI=1S/C10H9ClF3NO4S/c1-15(5-9(16)17)20(18,19)8-3-2-6(4-7(8)11)10(12,13)14/h2-4H,5H2,1H3,(H,16,17). The predicted octanol–water partition coefficient (Wildman–Crippen LogP) is 2.06. The summed E-state index contributed by atoms with van der Waals surface area (Å²) in [7, 11) is -3.29. The van der Waals surface area contributed by atoms with Crippen LogP contribution < -0.4 is 0 Å². The molecule has 1 aromatic rings. The highest BCUT2D eigenvalue weighted by Gasteiger charge is 2.33. The van der Waals surface area contributed by atoms with Crippen LogP contribution in [0.1, 0.15) is 5.56 Å². The van der Waals surface area contributed by atoms with Gasteiger partial charge in [-0.1, -0.05) is 11.6 Å². The summed E-state index contributed by atoms with van der Waals surface area (Å²) < 4.78 is 61.7. The first-order chi connectivity index (χ1) is 8.96. The normalized spacial score (nSPS) is 12.7. The van der Waals surface area contributed by atoms with Gasteiger partial charge in [-0.3, -0.25) is 4.79 Å². The van der Waals surface area contributed by atoms with Crippen LogP contribution in [0.3, 0.4) is 0 Å². The first-order valence-corrected chi connectivity index (χ1v) is 6.83. The Labute approximate surface area is 117 Å². The van der Waals surface area contributed by atoms with Crippen molar-refractivity contribution >= 4 is 27.6 Å². The maximum absolute atomic E-state index is 12.4. The summed E-state index contributed by atoms with van der Waals surface area (Å²) in [4.78, 5) is 9.88. The van der Waals surface area contributed by atoms with Gasteiger partial charge < -0.3 is 5.11 Å². The molecule has 0 aliphatic rings. The van der Waals surface area contributed by atoms with Crippen molar-refractivity contribution in [3.05, 3.63) is 28.8 Å². The average Bonchev–Trinajstić information content (AvgIpc) is 2.26. The number of nitrogens with zero attached hydrogens (tertiary/aromatic N) is 1. The van der Waals surface area contributed by atoms with E-state index in [9.17, 15) is 26.4 Å². The van der Waals surface area contributed by atoms with Crippen LogP contribution in [0.4, 0.5) is 13.2 Å². The molecule has 0 fully saturated rings. The molecule has 0 spiro atoms. The number of rotatable bonds is 4. The Morgan fingerprint density at radius 2 is 1.95 bits per heavy atom. The first-order valence-electron chi connectivity index (χ1n) is 5.01. The molecule has 0 aliphatic heterocycles. The molecular formula is C10H9ClF3NO4S. The lowest BCUT2D eigenvalue weighted by atomic mass is 10.2. The van der Waals surface area contributed by atoms with Crippen LogP contribution in [-0.2, 0) is 21.0 Å². The van der Waals surface area contributed by atoms with Gasteiger partial charge in [-0.2, -0.15) is 17.5 Å². The lowest BCUT2D eigenvalue weighted by molar-refractivity contribution is -0.138. The molecule has 10 heteroatoms. The lowest BCUT2D eigenvalue weighted by Gasteiger charge is -2.16.